The van der Waals surface area contributed by atoms with Crippen molar-refractivity contribution >= 4 is 22.7 Å². The molecule has 0 aliphatic heterocycles. The van der Waals surface area contributed by atoms with E-state index in [2.05, 4.69) is 36.1 Å². The molecule has 2 N–H and O–H groups in total. The number of nitrogens with zero attached hydrogens (tertiary/aromatic N) is 2. The first kappa shape index (κ1) is 22.3. The van der Waals surface area contributed by atoms with E-state index in [-0.39, 0.29) is 23.8 Å². The van der Waals surface area contributed by atoms with Crippen LogP contribution in [0.4, 0.5) is 0 Å². The van der Waals surface area contributed by atoms with Gasteiger partial charge in [-0.25, -0.2) is 0 Å². The Balaban J connectivity index is 1.36. The van der Waals surface area contributed by atoms with Crippen molar-refractivity contribution in [1.29, 1.82) is 0 Å². The van der Waals surface area contributed by atoms with Crippen LogP contribution in [-0.4, -0.2) is 59.5 Å². The summed E-state index contributed by atoms with van der Waals surface area (Å²) in [4.78, 5) is 33.8. The number of aromatic nitrogens is 2. The highest BCUT2D eigenvalue weighted by Gasteiger charge is 2.37. The molecule has 2 amide bonds. The number of ether oxygens (including phenoxy) is 1. The Bertz CT molecular complexity index is 838. The van der Waals surface area contributed by atoms with Gasteiger partial charge in [-0.05, 0) is 49.1 Å². The number of amides is 2. The highest BCUT2D eigenvalue weighted by molar-refractivity contribution is 5.97. The largest absolute Gasteiger partial charge is 0.371 e. The molecule has 7 nitrogen and oxygen atoms in total. The molecule has 3 rings (SSSR count). The number of hydrogen-bond donors (Lipinski definition) is 2. The van der Waals surface area contributed by atoms with Gasteiger partial charge in [-0.2, -0.15) is 0 Å². The highest BCUT2D eigenvalue weighted by atomic mass is 16.5. The van der Waals surface area contributed by atoms with Gasteiger partial charge in [0, 0.05) is 42.9 Å². The average Bonchev–Trinajstić information content (AvgIpc) is 3.30. The molecule has 0 radical (unpaired) electrons. The smallest absolute Gasteiger partial charge is 0.267 e. The third-order valence-electron chi connectivity index (χ3n) is 5.52. The van der Waals surface area contributed by atoms with Crippen molar-refractivity contribution in [3.63, 3.8) is 0 Å². The minimum atomic E-state index is -0.0850. The Hall–Kier alpha value is -2.41. The van der Waals surface area contributed by atoms with Crippen molar-refractivity contribution in [1.82, 2.24) is 20.2 Å². The summed E-state index contributed by atoms with van der Waals surface area (Å²) in [5, 5.41) is 3.96. The number of H-pyrrole nitrogens is 1. The van der Waals surface area contributed by atoms with Crippen LogP contribution < -0.4 is 5.32 Å². The fourth-order valence-corrected chi connectivity index (χ4v) is 3.64. The van der Waals surface area contributed by atoms with Crippen molar-refractivity contribution in [2.24, 2.45) is 17.3 Å². The molecule has 2 atom stereocenters. The second-order valence-electron chi connectivity index (χ2n) is 9.43. The van der Waals surface area contributed by atoms with Gasteiger partial charge in [0.1, 0.15) is 12.3 Å². The van der Waals surface area contributed by atoms with Gasteiger partial charge in [0.2, 0.25) is 5.91 Å². The normalized spacial score (nSPS) is 18.4. The van der Waals surface area contributed by atoms with Crippen LogP contribution in [0.5, 0.6) is 0 Å². The molecule has 30 heavy (non-hydrogen) atoms. The van der Waals surface area contributed by atoms with Gasteiger partial charge in [0.15, 0.2) is 0 Å². The lowest BCUT2D eigenvalue weighted by Crippen LogP contribution is -2.35. The van der Waals surface area contributed by atoms with E-state index in [1.807, 2.05) is 24.0 Å². The van der Waals surface area contributed by atoms with E-state index in [4.69, 9.17) is 4.74 Å². The van der Waals surface area contributed by atoms with E-state index in [0.29, 0.717) is 37.2 Å². The Morgan fingerprint density at radius 3 is 2.83 bits per heavy atom. The third kappa shape index (κ3) is 6.29. The number of carbonyl (C=O) groups excluding carboxylic acids is 2. The van der Waals surface area contributed by atoms with Crippen LogP contribution in [0.1, 0.15) is 51.0 Å². The van der Waals surface area contributed by atoms with Crippen LogP contribution in [0, 0.1) is 17.3 Å². The molecule has 0 spiro atoms. The van der Waals surface area contributed by atoms with E-state index in [0.717, 1.165) is 30.3 Å². The maximum absolute atomic E-state index is 12.4. The Kier molecular flexibility index (Phi) is 7.13. The van der Waals surface area contributed by atoms with Crippen molar-refractivity contribution in [2.75, 3.05) is 32.8 Å². The lowest BCUT2D eigenvalue weighted by molar-refractivity contribution is -0.137. The van der Waals surface area contributed by atoms with Crippen molar-refractivity contribution in [2.45, 2.75) is 40.5 Å². The molecule has 0 saturated heterocycles. The number of pyridine rings is 1. The van der Waals surface area contributed by atoms with Gasteiger partial charge in [0.05, 0.1) is 6.61 Å². The molecule has 2 unspecified atom stereocenters. The maximum Gasteiger partial charge on any atom is 0.267 e. The number of likely N-dealkylation sites (N-methyl/N-ethyl adjacent to an activating group) is 1. The first-order chi connectivity index (χ1) is 14.3. The van der Waals surface area contributed by atoms with Gasteiger partial charge in [-0.3, -0.25) is 14.6 Å². The molecule has 7 heteroatoms. The number of fused-ring (bicyclic) bond motifs is 1. The Morgan fingerprint density at radius 2 is 2.13 bits per heavy atom. The summed E-state index contributed by atoms with van der Waals surface area (Å²) in [5.41, 5.74) is 1.54. The average molecular weight is 415 g/mol. The van der Waals surface area contributed by atoms with Gasteiger partial charge in [0.25, 0.3) is 5.91 Å². The van der Waals surface area contributed by atoms with Gasteiger partial charge in [-0.15, -0.1) is 0 Å². The van der Waals surface area contributed by atoms with Crippen molar-refractivity contribution in [3.8, 4) is 0 Å². The molecule has 1 aliphatic rings. The fourth-order valence-electron chi connectivity index (χ4n) is 3.64. The molecule has 1 fully saturated rings. The van der Waals surface area contributed by atoms with E-state index >= 15 is 0 Å². The number of nitrogens with one attached hydrogen (secondary N) is 2. The summed E-state index contributed by atoms with van der Waals surface area (Å²) in [6.07, 6.45) is 5.52. The quantitative estimate of drug-likeness (QED) is 0.625. The highest BCUT2D eigenvalue weighted by Crippen LogP contribution is 2.40. The summed E-state index contributed by atoms with van der Waals surface area (Å²) in [6.45, 7) is 11.1. The molecule has 2 heterocycles. The molecule has 164 valence electrons. The second-order valence-corrected chi connectivity index (χ2v) is 9.43. The summed E-state index contributed by atoms with van der Waals surface area (Å²) >= 11 is 0. The molecule has 0 bridgehead atoms. The molecule has 1 saturated carbocycles. The molecule has 0 aromatic carbocycles. The SMILES string of the molecule is CCN(CCC1CC1CNC(=O)c1cc2cnccc2[nH]1)C(=O)COCC(C)(C)C. The van der Waals surface area contributed by atoms with E-state index in [1.54, 1.807) is 12.4 Å². The van der Waals surface area contributed by atoms with E-state index in [1.165, 1.54) is 0 Å². The van der Waals surface area contributed by atoms with E-state index < -0.39 is 0 Å². The molecule has 1 aliphatic carbocycles. The van der Waals surface area contributed by atoms with Crippen LogP contribution in [0.3, 0.4) is 0 Å². The minimum absolute atomic E-state index is 0.0561. The lowest BCUT2D eigenvalue weighted by Gasteiger charge is -2.23. The lowest BCUT2D eigenvalue weighted by atomic mass is 9.99. The zero-order valence-corrected chi connectivity index (χ0v) is 18.5. The number of rotatable bonds is 10. The van der Waals surface area contributed by atoms with Crippen molar-refractivity contribution < 1.29 is 14.3 Å². The van der Waals surface area contributed by atoms with Crippen molar-refractivity contribution in [3.05, 3.63) is 30.2 Å². The molecular weight excluding hydrogens is 380 g/mol. The molecule has 2 aromatic rings. The van der Waals surface area contributed by atoms with Crippen LogP contribution in [0.2, 0.25) is 0 Å². The second kappa shape index (κ2) is 9.60. The standard InChI is InChI=1S/C23H34N4O3/c1-5-27(21(28)14-30-15-23(2,3)4)9-7-16-10-17(16)13-25-22(29)20-11-18-12-24-8-6-19(18)26-20/h6,8,11-12,16-17,26H,5,7,9-10,13-15H2,1-4H3,(H,25,29). The van der Waals surface area contributed by atoms with Crippen LogP contribution in [-0.2, 0) is 9.53 Å². The number of carbonyl (C=O) groups is 2. The van der Waals surface area contributed by atoms with E-state index in [9.17, 15) is 9.59 Å². The first-order valence-electron chi connectivity index (χ1n) is 10.8. The Labute approximate surface area is 178 Å². The monoisotopic (exact) mass is 414 g/mol. The first-order valence-corrected chi connectivity index (χ1v) is 10.8. The van der Waals surface area contributed by atoms with Crippen LogP contribution in [0.15, 0.2) is 24.5 Å². The Morgan fingerprint density at radius 1 is 1.33 bits per heavy atom. The molecule has 2 aromatic heterocycles. The topological polar surface area (TPSA) is 87.3 Å². The fraction of sp³-hybridized carbons (Fsp3) is 0.609. The van der Waals surface area contributed by atoms with Crippen LogP contribution >= 0.6 is 0 Å². The summed E-state index contributed by atoms with van der Waals surface area (Å²) in [5.74, 6) is 1.03. The minimum Gasteiger partial charge on any atom is -0.371 e. The zero-order chi connectivity index (χ0) is 21.7. The summed E-state index contributed by atoms with van der Waals surface area (Å²) in [6, 6.07) is 3.69. The van der Waals surface area contributed by atoms with Gasteiger partial charge in [-0.1, -0.05) is 20.8 Å². The third-order valence-corrected chi connectivity index (χ3v) is 5.52. The predicted octanol–water partition coefficient (Wildman–Crippen LogP) is 3.23. The summed E-state index contributed by atoms with van der Waals surface area (Å²) < 4.78 is 5.57. The predicted molar refractivity (Wildman–Crippen MR) is 117 cm³/mol. The van der Waals surface area contributed by atoms with Crippen LogP contribution in [0.25, 0.3) is 10.9 Å². The molecular formula is C23H34N4O3. The number of aromatic amines is 1. The van der Waals surface area contributed by atoms with Gasteiger partial charge < -0.3 is 19.9 Å². The maximum atomic E-state index is 12.4. The van der Waals surface area contributed by atoms with Gasteiger partial charge >= 0.3 is 0 Å². The summed E-state index contributed by atoms with van der Waals surface area (Å²) in [7, 11) is 0. The zero-order valence-electron chi connectivity index (χ0n) is 18.5. The number of hydrogen-bond acceptors (Lipinski definition) is 4.